The minimum absolute atomic E-state index is 0.234. The Kier molecular flexibility index (Phi) is 3.20. The number of aromatic nitrogens is 3. The van der Waals surface area contributed by atoms with Crippen molar-refractivity contribution >= 4 is 43.4 Å². The summed E-state index contributed by atoms with van der Waals surface area (Å²) in [7, 11) is 0. The van der Waals surface area contributed by atoms with Crippen LogP contribution in [0, 0.1) is 0 Å². The van der Waals surface area contributed by atoms with Crippen molar-refractivity contribution in [3.05, 3.63) is 41.1 Å². The van der Waals surface area contributed by atoms with Crippen LogP contribution in [0.5, 0.6) is 0 Å². The topological polar surface area (TPSA) is 61.0 Å². The predicted octanol–water partition coefficient (Wildman–Crippen LogP) is 5.00. The molecule has 5 nitrogen and oxygen atoms in total. The third-order valence-corrected chi connectivity index (χ3v) is 5.99. The van der Waals surface area contributed by atoms with Crippen LogP contribution in [0.1, 0.15) is 25.1 Å². The van der Waals surface area contributed by atoms with E-state index in [9.17, 15) is 0 Å². The molecule has 25 heavy (non-hydrogen) atoms. The third-order valence-electron chi connectivity index (χ3n) is 4.51. The summed E-state index contributed by atoms with van der Waals surface area (Å²) < 4.78 is 12.6. The minimum atomic E-state index is -0.234. The highest BCUT2D eigenvalue weighted by Gasteiger charge is 2.32. The van der Waals surface area contributed by atoms with Gasteiger partial charge in [-0.15, -0.1) is 11.3 Å². The third kappa shape index (κ3) is 2.28. The first-order valence-electron chi connectivity index (χ1n) is 7.96. The maximum Gasteiger partial charge on any atom is 0.150 e. The molecular weight excluding hydrogens is 358 g/mol. The highest BCUT2D eigenvalue weighted by molar-refractivity contribution is 7.26. The molecule has 0 atom stereocenters. The van der Waals surface area contributed by atoms with Gasteiger partial charge in [0.05, 0.1) is 34.4 Å². The Balaban J connectivity index is 1.95. The first-order valence-corrected chi connectivity index (χ1v) is 9.15. The van der Waals surface area contributed by atoms with Crippen LogP contribution >= 0.6 is 22.9 Å². The number of hydrogen-bond acceptors (Lipinski definition) is 6. The summed E-state index contributed by atoms with van der Waals surface area (Å²) in [5, 5.41) is 1.41. The molecule has 0 N–H and O–H groups in total. The van der Waals surface area contributed by atoms with Gasteiger partial charge in [0.25, 0.3) is 0 Å². The number of fused-ring (bicyclic) bond motifs is 4. The molecule has 0 unspecified atom stereocenters. The first kappa shape index (κ1) is 15.3. The molecule has 0 amide bonds. The summed E-state index contributed by atoms with van der Waals surface area (Å²) >= 11 is 7.82. The molecule has 0 aliphatic carbocycles. The number of furan rings is 1. The lowest BCUT2D eigenvalue weighted by atomic mass is 9.91. The van der Waals surface area contributed by atoms with Crippen LogP contribution in [0.4, 0.5) is 0 Å². The summed E-state index contributed by atoms with van der Waals surface area (Å²) in [6, 6.07) is 3.85. The zero-order chi connectivity index (χ0) is 17.2. The molecule has 1 aliphatic heterocycles. The van der Waals surface area contributed by atoms with Gasteiger partial charge in [-0.3, -0.25) is 0 Å². The van der Waals surface area contributed by atoms with E-state index in [1.165, 1.54) is 17.7 Å². The van der Waals surface area contributed by atoms with E-state index in [0.717, 1.165) is 49.4 Å². The van der Waals surface area contributed by atoms with Crippen molar-refractivity contribution < 1.29 is 9.15 Å². The van der Waals surface area contributed by atoms with Gasteiger partial charge in [-0.2, -0.15) is 0 Å². The van der Waals surface area contributed by atoms with Crippen LogP contribution in [-0.4, -0.2) is 20.6 Å². The summed E-state index contributed by atoms with van der Waals surface area (Å²) in [5.74, 6) is 0.793. The lowest BCUT2D eigenvalue weighted by Gasteiger charge is -2.32. The van der Waals surface area contributed by atoms with Crippen LogP contribution in [0.2, 0.25) is 5.15 Å². The number of rotatable bonds is 1. The van der Waals surface area contributed by atoms with Crippen LogP contribution in [-0.2, 0) is 17.8 Å². The summed E-state index contributed by atoms with van der Waals surface area (Å²) in [5.41, 5.74) is 3.69. The molecule has 0 bridgehead atoms. The first-order chi connectivity index (χ1) is 12.0. The Hall–Kier alpha value is -2.02. The SMILES string of the molecule is CC1(C)Cc2nc3sc4c(Cl)ncnc4c3c(-c3ccco3)c2CO1. The number of nitrogens with zero attached hydrogens (tertiary/aromatic N) is 3. The van der Waals surface area contributed by atoms with Gasteiger partial charge >= 0.3 is 0 Å². The van der Waals surface area contributed by atoms with Gasteiger partial charge in [-0.25, -0.2) is 15.0 Å². The quantitative estimate of drug-likeness (QED) is 0.440. The lowest BCUT2D eigenvalue weighted by molar-refractivity contribution is -0.0409. The molecule has 5 heterocycles. The molecule has 0 aromatic carbocycles. The number of thiophene rings is 1. The molecule has 0 radical (unpaired) electrons. The Morgan fingerprint density at radius 2 is 2.16 bits per heavy atom. The molecule has 4 aromatic heterocycles. The van der Waals surface area contributed by atoms with Crippen molar-refractivity contribution in [3.63, 3.8) is 0 Å². The van der Waals surface area contributed by atoms with E-state index in [0.29, 0.717) is 11.8 Å². The number of hydrogen-bond donors (Lipinski definition) is 0. The zero-order valence-electron chi connectivity index (χ0n) is 13.7. The molecule has 0 saturated carbocycles. The van der Waals surface area contributed by atoms with Gasteiger partial charge in [0.1, 0.15) is 22.1 Å². The van der Waals surface area contributed by atoms with Crippen LogP contribution in [0.25, 0.3) is 31.8 Å². The molecule has 4 aromatic rings. The Bertz CT molecular complexity index is 1120. The highest BCUT2D eigenvalue weighted by atomic mass is 35.5. The molecular formula is C18H14ClN3O2S. The molecule has 5 rings (SSSR count). The summed E-state index contributed by atoms with van der Waals surface area (Å²) in [6.45, 7) is 4.67. The summed E-state index contributed by atoms with van der Waals surface area (Å²) in [6.07, 6.45) is 3.92. The molecule has 0 saturated heterocycles. The zero-order valence-corrected chi connectivity index (χ0v) is 15.2. The average molecular weight is 372 g/mol. The largest absolute Gasteiger partial charge is 0.464 e. The highest BCUT2D eigenvalue weighted by Crippen LogP contribution is 2.44. The maximum absolute atomic E-state index is 6.29. The Morgan fingerprint density at radius 3 is 2.96 bits per heavy atom. The monoisotopic (exact) mass is 371 g/mol. The number of ether oxygens (including phenoxy) is 1. The smallest absolute Gasteiger partial charge is 0.150 e. The van der Waals surface area contributed by atoms with Crippen LogP contribution in [0.3, 0.4) is 0 Å². The van der Waals surface area contributed by atoms with Crippen molar-refractivity contribution in [2.45, 2.75) is 32.5 Å². The molecule has 1 aliphatic rings. The van der Waals surface area contributed by atoms with E-state index >= 15 is 0 Å². The fourth-order valence-corrected chi connectivity index (χ4v) is 4.66. The minimum Gasteiger partial charge on any atom is -0.464 e. The van der Waals surface area contributed by atoms with Crippen molar-refractivity contribution in [3.8, 4) is 11.3 Å². The second kappa shape index (κ2) is 5.24. The van der Waals surface area contributed by atoms with E-state index in [2.05, 4.69) is 23.8 Å². The molecule has 7 heteroatoms. The Labute approximate surface area is 152 Å². The van der Waals surface area contributed by atoms with Crippen molar-refractivity contribution in [2.75, 3.05) is 0 Å². The van der Waals surface area contributed by atoms with Gasteiger partial charge in [-0.1, -0.05) is 11.6 Å². The van der Waals surface area contributed by atoms with E-state index in [-0.39, 0.29) is 5.60 Å². The fourth-order valence-electron chi connectivity index (χ4n) is 3.38. The van der Waals surface area contributed by atoms with Gasteiger partial charge < -0.3 is 9.15 Å². The number of halogens is 1. The van der Waals surface area contributed by atoms with Crippen LogP contribution < -0.4 is 0 Å². The number of pyridine rings is 1. The van der Waals surface area contributed by atoms with Gasteiger partial charge in [0.15, 0.2) is 0 Å². The van der Waals surface area contributed by atoms with Crippen molar-refractivity contribution in [1.29, 1.82) is 0 Å². The van der Waals surface area contributed by atoms with Crippen molar-refractivity contribution in [1.82, 2.24) is 15.0 Å². The van der Waals surface area contributed by atoms with Crippen LogP contribution in [0.15, 0.2) is 29.1 Å². The second-order valence-corrected chi connectivity index (χ2v) is 8.10. The van der Waals surface area contributed by atoms with Crippen molar-refractivity contribution in [2.24, 2.45) is 0 Å². The normalized spacial score (nSPS) is 16.4. The molecule has 126 valence electrons. The van der Waals surface area contributed by atoms with E-state index in [1.807, 2.05) is 12.1 Å². The van der Waals surface area contributed by atoms with Gasteiger partial charge in [0.2, 0.25) is 0 Å². The van der Waals surface area contributed by atoms with E-state index in [4.69, 9.17) is 25.7 Å². The molecule has 0 fully saturated rings. The fraction of sp³-hybridized carbons (Fsp3) is 0.278. The summed E-state index contributed by atoms with van der Waals surface area (Å²) in [4.78, 5) is 14.4. The Morgan fingerprint density at radius 1 is 1.28 bits per heavy atom. The average Bonchev–Trinajstić information content (AvgIpc) is 3.20. The van der Waals surface area contributed by atoms with Gasteiger partial charge in [-0.05, 0) is 26.0 Å². The predicted molar refractivity (Wildman–Crippen MR) is 98.0 cm³/mol. The lowest BCUT2D eigenvalue weighted by Crippen LogP contribution is -2.32. The standard InChI is InChI=1S/C18H14ClN3O2S/c1-18(2)6-10-9(7-24-18)12(11-4-3-5-23-11)13-14-15(25-17(13)22-10)16(19)21-8-20-14/h3-5,8H,6-7H2,1-2H3. The second-order valence-electron chi connectivity index (χ2n) is 6.74. The van der Waals surface area contributed by atoms with E-state index < -0.39 is 0 Å². The molecule has 0 spiro atoms. The van der Waals surface area contributed by atoms with E-state index in [1.54, 1.807) is 6.26 Å². The van der Waals surface area contributed by atoms with Gasteiger partial charge in [0, 0.05) is 22.9 Å². The maximum atomic E-state index is 6.29.